The van der Waals surface area contributed by atoms with Gasteiger partial charge in [0.1, 0.15) is 5.75 Å². The van der Waals surface area contributed by atoms with Crippen LogP contribution in [0.2, 0.25) is 0 Å². The highest BCUT2D eigenvalue weighted by molar-refractivity contribution is 5.80. The van der Waals surface area contributed by atoms with Gasteiger partial charge in [-0.05, 0) is 25.0 Å². The summed E-state index contributed by atoms with van der Waals surface area (Å²) >= 11 is 0. The molecule has 4 nitrogen and oxygen atoms in total. The zero-order valence-corrected chi connectivity index (χ0v) is 13.9. The monoisotopic (exact) mass is 383 g/mol. The first kappa shape index (κ1) is 20.2. The highest BCUT2D eigenvalue weighted by Crippen LogP contribution is 2.45. The molecular weight excluding hydrogens is 364 g/mol. The molecule has 0 aliphatic heterocycles. The van der Waals surface area contributed by atoms with Crippen molar-refractivity contribution in [3.8, 4) is 5.75 Å². The second-order valence-corrected chi connectivity index (χ2v) is 5.80. The van der Waals surface area contributed by atoms with Crippen molar-refractivity contribution < 1.29 is 31.1 Å². The minimum Gasteiger partial charge on any atom is -0.405 e. The first-order valence-electron chi connectivity index (χ1n) is 8.05. The predicted octanol–water partition coefficient (Wildman–Crippen LogP) is 3.95. The molecule has 1 aliphatic carbocycles. The Morgan fingerprint density at radius 3 is 2.50 bits per heavy atom. The minimum absolute atomic E-state index is 0.207. The fourth-order valence-electron chi connectivity index (χ4n) is 2.49. The number of halogens is 6. The number of alkyl halides is 6. The molecule has 1 aliphatic rings. The Morgan fingerprint density at radius 1 is 1.19 bits per heavy atom. The lowest BCUT2D eigenvalue weighted by molar-refractivity contribution is -0.274. The lowest BCUT2D eigenvalue weighted by Gasteiger charge is -2.14. The van der Waals surface area contributed by atoms with Crippen LogP contribution in [0.1, 0.15) is 31.2 Å². The second kappa shape index (κ2) is 8.05. The van der Waals surface area contributed by atoms with Crippen LogP contribution in [0.3, 0.4) is 0 Å². The molecule has 0 amide bonds. The molecule has 26 heavy (non-hydrogen) atoms. The summed E-state index contributed by atoms with van der Waals surface area (Å²) in [5, 5.41) is 5.78. The number of hydrogen-bond acceptors (Lipinski definition) is 2. The highest BCUT2D eigenvalue weighted by atomic mass is 19.4. The molecule has 0 spiro atoms. The highest BCUT2D eigenvalue weighted by Gasteiger charge is 2.42. The van der Waals surface area contributed by atoms with Gasteiger partial charge in [-0.3, -0.25) is 4.99 Å². The summed E-state index contributed by atoms with van der Waals surface area (Å²) in [5.74, 6) is -0.299. The fourth-order valence-corrected chi connectivity index (χ4v) is 2.49. The number of guanidine groups is 1. The van der Waals surface area contributed by atoms with E-state index in [0.29, 0.717) is 18.5 Å². The Balaban J connectivity index is 1.99. The zero-order chi connectivity index (χ0) is 19.4. The van der Waals surface area contributed by atoms with Crippen LogP contribution in [0.4, 0.5) is 26.3 Å². The van der Waals surface area contributed by atoms with Crippen molar-refractivity contribution in [2.45, 2.75) is 44.3 Å². The molecule has 0 saturated heterocycles. The molecular formula is C16H19F6N3O. The van der Waals surface area contributed by atoms with Crippen molar-refractivity contribution in [2.75, 3.05) is 13.1 Å². The van der Waals surface area contributed by atoms with Crippen LogP contribution in [0.15, 0.2) is 29.3 Å². The summed E-state index contributed by atoms with van der Waals surface area (Å²) in [5.41, 5.74) is 0.397. The maximum Gasteiger partial charge on any atom is 0.573 e. The van der Waals surface area contributed by atoms with Crippen molar-refractivity contribution in [2.24, 2.45) is 4.99 Å². The van der Waals surface area contributed by atoms with Gasteiger partial charge < -0.3 is 15.4 Å². The third-order valence-corrected chi connectivity index (χ3v) is 3.67. The summed E-state index contributed by atoms with van der Waals surface area (Å²) in [4.78, 5) is 3.85. The first-order chi connectivity index (χ1) is 12.1. The van der Waals surface area contributed by atoms with E-state index in [9.17, 15) is 26.3 Å². The minimum atomic E-state index is -4.79. The number of benzene rings is 1. The van der Waals surface area contributed by atoms with Crippen molar-refractivity contribution >= 4 is 5.96 Å². The van der Waals surface area contributed by atoms with E-state index < -0.39 is 25.5 Å². The maximum atomic E-state index is 12.5. The quantitative estimate of drug-likeness (QED) is 0.444. The average molecular weight is 383 g/mol. The van der Waals surface area contributed by atoms with Crippen molar-refractivity contribution in [1.82, 2.24) is 10.6 Å². The van der Waals surface area contributed by atoms with Crippen LogP contribution in [-0.2, 0) is 0 Å². The average Bonchev–Trinajstić information content (AvgIpc) is 3.24. The third kappa shape index (κ3) is 6.64. The Bertz CT molecular complexity index is 629. The molecule has 146 valence electrons. The molecule has 2 unspecified atom stereocenters. The Morgan fingerprint density at radius 2 is 1.88 bits per heavy atom. The summed E-state index contributed by atoms with van der Waals surface area (Å²) in [6.07, 6.45) is -9.60. The standard InChI is InChI=1S/C16H19F6N3O/c1-2-23-14(24-8-7-15(17,18)19)25-12-9-11(12)10-5-3-4-6-13(10)26-16(20,21)22/h3-6,11-12H,2,7-9H2,1H3,(H2,23,24,25). The zero-order valence-electron chi connectivity index (χ0n) is 13.9. The number of nitrogens with zero attached hydrogens (tertiary/aromatic N) is 1. The summed E-state index contributed by atoms with van der Waals surface area (Å²) in [7, 11) is 0. The van der Waals surface area contributed by atoms with E-state index in [1.807, 2.05) is 0 Å². The lowest BCUT2D eigenvalue weighted by atomic mass is 10.1. The molecule has 10 heteroatoms. The molecule has 1 aromatic rings. The van der Waals surface area contributed by atoms with Crippen LogP contribution in [0.5, 0.6) is 5.75 Å². The lowest BCUT2D eigenvalue weighted by Crippen LogP contribution is -2.39. The smallest absolute Gasteiger partial charge is 0.405 e. The number of para-hydroxylation sites is 1. The van der Waals surface area contributed by atoms with Gasteiger partial charge in [0.05, 0.1) is 13.0 Å². The molecule has 2 N–H and O–H groups in total. The van der Waals surface area contributed by atoms with Crippen LogP contribution in [0.25, 0.3) is 0 Å². The van der Waals surface area contributed by atoms with E-state index in [1.54, 1.807) is 19.1 Å². The van der Waals surface area contributed by atoms with Gasteiger partial charge in [-0.1, -0.05) is 18.2 Å². The van der Waals surface area contributed by atoms with E-state index in [4.69, 9.17) is 0 Å². The Kier molecular flexibility index (Phi) is 6.25. The SMILES string of the molecule is CCNC(=NCCC(F)(F)F)NC1CC1c1ccccc1OC(F)(F)F. The van der Waals surface area contributed by atoms with Gasteiger partial charge in [-0.2, -0.15) is 13.2 Å². The van der Waals surface area contributed by atoms with Gasteiger partial charge in [-0.15, -0.1) is 13.2 Å². The van der Waals surface area contributed by atoms with Gasteiger partial charge in [-0.25, -0.2) is 0 Å². The summed E-state index contributed by atoms with van der Waals surface area (Å²) in [6.45, 7) is 1.78. The predicted molar refractivity (Wildman–Crippen MR) is 84.1 cm³/mol. The number of aliphatic imine (C=N–C) groups is 1. The van der Waals surface area contributed by atoms with Crippen LogP contribution in [0, 0.1) is 0 Å². The van der Waals surface area contributed by atoms with Crippen LogP contribution < -0.4 is 15.4 Å². The van der Waals surface area contributed by atoms with Gasteiger partial charge in [0.2, 0.25) is 0 Å². The van der Waals surface area contributed by atoms with Crippen molar-refractivity contribution in [3.63, 3.8) is 0 Å². The molecule has 1 saturated carbocycles. The Labute approximate surface area is 146 Å². The van der Waals surface area contributed by atoms with Gasteiger partial charge in [0, 0.05) is 18.5 Å². The van der Waals surface area contributed by atoms with Crippen molar-refractivity contribution in [3.05, 3.63) is 29.8 Å². The van der Waals surface area contributed by atoms with E-state index in [2.05, 4.69) is 20.4 Å². The number of rotatable bonds is 6. The fraction of sp³-hybridized carbons (Fsp3) is 0.562. The topological polar surface area (TPSA) is 45.7 Å². The van der Waals surface area contributed by atoms with Gasteiger partial charge in [0.25, 0.3) is 0 Å². The largest absolute Gasteiger partial charge is 0.573 e. The molecule has 0 aromatic heterocycles. The summed E-state index contributed by atoms with van der Waals surface area (Å²) < 4.78 is 78.1. The normalized spacial score (nSPS) is 20.7. The second-order valence-electron chi connectivity index (χ2n) is 5.80. The molecule has 1 aromatic carbocycles. The van der Waals surface area contributed by atoms with Gasteiger partial charge >= 0.3 is 12.5 Å². The Hall–Kier alpha value is -2.13. The first-order valence-corrected chi connectivity index (χ1v) is 8.05. The molecule has 2 rings (SSSR count). The summed E-state index contributed by atoms with van der Waals surface area (Å²) in [6, 6.07) is 5.60. The third-order valence-electron chi connectivity index (χ3n) is 3.67. The number of nitrogens with one attached hydrogen (secondary N) is 2. The van der Waals surface area contributed by atoms with Gasteiger partial charge in [0.15, 0.2) is 5.96 Å². The van der Waals surface area contributed by atoms with Crippen LogP contribution in [-0.4, -0.2) is 37.6 Å². The molecule has 0 radical (unpaired) electrons. The number of ether oxygens (including phenoxy) is 1. The molecule has 1 fully saturated rings. The van der Waals surface area contributed by atoms with E-state index in [0.717, 1.165) is 0 Å². The maximum absolute atomic E-state index is 12.5. The van der Waals surface area contributed by atoms with Crippen LogP contribution >= 0.6 is 0 Å². The number of hydrogen-bond donors (Lipinski definition) is 2. The van der Waals surface area contributed by atoms with E-state index in [1.165, 1.54) is 12.1 Å². The molecule has 0 heterocycles. The molecule has 2 atom stereocenters. The van der Waals surface area contributed by atoms with Crippen molar-refractivity contribution in [1.29, 1.82) is 0 Å². The van der Waals surface area contributed by atoms with E-state index in [-0.39, 0.29) is 23.7 Å². The van der Waals surface area contributed by atoms with E-state index >= 15 is 0 Å². The molecule has 0 bridgehead atoms.